The van der Waals surface area contributed by atoms with Crippen LogP contribution in [0.5, 0.6) is 0 Å². The molecule has 1 aliphatic carbocycles. The van der Waals surface area contributed by atoms with Crippen molar-refractivity contribution in [2.45, 2.75) is 26.2 Å². The van der Waals surface area contributed by atoms with Crippen molar-refractivity contribution in [2.24, 2.45) is 16.8 Å². The average Bonchev–Trinajstić information content (AvgIpc) is 2.58. The summed E-state index contributed by atoms with van der Waals surface area (Å²) in [6.07, 6.45) is 3.23. The van der Waals surface area contributed by atoms with Crippen LogP contribution in [0.4, 0.5) is 0 Å². The molecule has 1 amide bonds. The molecule has 12 heavy (non-hydrogen) atoms. The number of ether oxygens (including phenoxy) is 1. The molecule has 1 saturated carbocycles. The van der Waals surface area contributed by atoms with Crippen LogP contribution in [0.1, 0.15) is 26.2 Å². The summed E-state index contributed by atoms with van der Waals surface area (Å²) in [7, 11) is 0. The third-order valence-electron chi connectivity index (χ3n) is 2.66. The van der Waals surface area contributed by atoms with Gasteiger partial charge in [-0.1, -0.05) is 6.42 Å². The molecule has 0 aromatic heterocycles. The number of fused-ring (bicyclic) bond motifs is 1. The van der Waals surface area contributed by atoms with Crippen molar-refractivity contribution in [3.63, 3.8) is 0 Å². The Morgan fingerprint density at radius 3 is 3.00 bits per heavy atom. The number of amides is 1. The quantitative estimate of drug-likeness (QED) is 0.591. The molecule has 0 N–H and O–H groups in total. The zero-order chi connectivity index (χ0) is 8.55. The number of carbonyl (C=O) groups excluding carboxylic acids is 1. The SMILES string of the molecule is CCOC1=NC(=O)[C@@H]2CCC[C@@H]12. The lowest BCUT2D eigenvalue weighted by molar-refractivity contribution is -0.120. The van der Waals surface area contributed by atoms with Gasteiger partial charge in [0.2, 0.25) is 0 Å². The normalized spacial score (nSPS) is 33.4. The zero-order valence-corrected chi connectivity index (χ0v) is 7.25. The van der Waals surface area contributed by atoms with E-state index in [4.69, 9.17) is 4.74 Å². The van der Waals surface area contributed by atoms with Crippen molar-refractivity contribution in [2.75, 3.05) is 6.61 Å². The number of carbonyl (C=O) groups is 1. The zero-order valence-electron chi connectivity index (χ0n) is 7.25. The molecule has 1 heterocycles. The molecule has 2 rings (SSSR count). The minimum absolute atomic E-state index is 0.0425. The molecule has 0 saturated heterocycles. The molecule has 0 radical (unpaired) electrons. The Labute approximate surface area is 71.8 Å². The van der Waals surface area contributed by atoms with E-state index in [1.807, 2.05) is 6.92 Å². The first kappa shape index (κ1) is 7.77. The summed E-state index contributed by atoms with van der Waals surface area (Å²) in [4.78, 5) is 15.2. The van der Waals surface area contributed by atoms with Gasteiger partial charge in [-0.25, -0.2) is 0 Å². The van der Waals surface area contributed by atoms with E-state index in [1.54, 1.807) is 0 Å². The van der Waals surface area contributed by atoms with Crippen molar-refractivity contribution in [1.29, 1.82) is 0 Å². The molecule has 2 aliphatic rings. The topological polar surface area (TPSA) is 38.7 Å². The molecule has 0 spiro atoms. The highest BCUT2D eigenvalue weighted by Crippen LogP contribution is 2.37. The van der Waals surface area contributed by atoms with E-state index in [1.165, 1.54) is 0 Å². The van der Waals surface area contributed by atoms with Crippen LogP contribution in [0, 0.1) is 11.8 Å². The molecule has 1 aliphatic heterocycles. The molecular formula is C9H13NO2. The van der Waals surface area contributed by atoms with Gasteiger partial charge in [-0.05, 0) is 19.8 Å². The van der Waals surface area contributed by atoms with E-state index in [0.29, 0.717) is 18.4 Å². The van der Waals surface area contributed by atoms with Gasteiger partial charge in [0.1, 0.15) is 0 Å². The fourth-order valence-electron chi connectivity index (χ4n) is 2.11. The lowest BCUT2D eigenvalue weighted by Crippen LogP contribution is -2.16. The van der Waals surface area contributed by atoms with E-state index >= 15 is 0 Å². The average molecular weight is 167 g/mol. The summed E-state index contributed by atoms with van der Waals surface area (Å²) in [5.41, 5.74) is 0. The third kappa shape index (κ3) is 1.04. The van der Waals surface area contributed by atoms with Gasteiger partial charge in [-0.3, -0.25) is 4.79 Å². The number of hydrogen-bond acceptors (Lipinski definition) is 2. The lowest BCUT2D eigenvalue weighted by atomic mass is 9.99. The highest BCUT2D eigenvalue weighted by molar-refractivity contribution is 6.01. The molecule has 66 valence electrons. The monoisotopic (exact) mass is 167 g/mol. The van der Waals surface area contributed by atoms with E-state index in [9.17, 15) is 4.79 Å². The van der Waals surface area contributed by atoms with Crippen LogP contribution in [-0.2, 0) is 9.53 Å². The summed E-state index contributed by atoms with van der Waals surface area (Å²) in [6, 6.07) is 0. The standard InChI is InChI=1S/C9H13NO2/c1-2-12-9-7-5-3-4-6(7)8(11)10-9/h6-7H,2-5H2,1H3/t6-,7-/m1/s1. The van der Waals surface area contributed by atoms with Gasteiger partial charge < -0.3 is 4.74 Å². The maximum atomic E-state index is 11.3. The molecule has 0 aromatic rings. The number of nitrogens with zero attached hydrogens (tertiary/aromatic N) is 1. The van der Waals surface area contributed by atoms with Crippen LogP contribution in [-0.4, -0.2) is 18.4 Å². The Morgan fingerprint density at radius 1 is 1.50 bits per heavy atom. The van der Waals surface area contributed by atoms with Crippen LogP contribution in [0.15, 0.2) is 4.99 Å². The molecular weight excluding hydrogens is 154 g/mol. The van der Waals surface area contributed by atoms with Crippen LogP contribution in [0.2, 0.25) is 0 Å². The van der Waals surface area contributed by atoms with Gasteiger partial charge in [0.15, 0.2) is 5.90 Å². The fraction of sp³-hybridized carbons (Fsp3) is 0.778. The van der Waals surface area contributed by atoms with E-state index < -0.39 is 0 Å². The van der Waals surface area contributed by atoms with Crippen molar-refractivity contribution in [3.05, 3.63) is 0 Å². The van der Waals surface area contributed by atoms with Crippen LogP contribution >= 0.6 is 0 Å². The second kappa shape index (κ2) is 2.88. The van der Waals surface area contributed by atoms with Gasteiger partial charge in [0.25, 0.3) is 5.91 Å². The fourth-order valence-corrected chi connectivity index (χ4v) is 2.11. The molecule has 3 heteroatoms. The van der Waals surface area contributed by atoms with Gasteiger partial charge >= 0.3 is 0 Å². The molecule has 3 nitrogen and oxygen atoms in total. The van der Waals surface area contributed by atoms with E-state index in [2.05, 4.69) is 4.99 Å². The number of rotatable bonds is 1. The predicted octanol–water partition coefficient (Wildman–Crippen LogP) is 1.38. The largest absolute Gasteiger partial charge is 0.481 e. The van der Waals surface area contributed by atoms with Gasteiger partial charge in [0, 0.05) is 5.92 Å². The van der Waals surface area contributed by atoms with Gasteiger partial charge in [0.05, 0.1) is 12.5 Å². The summed E-state index contributed by atoms with van der Waals surface area (Å²) < 4.78 is 5.32. The van der Waals surface area contributed by atoms with Crippen molar-refractivity contribution in [3.8, 4) is 0 Å². The van der Waals surface area contributed by atoms with E-state index in [0.717, 1.165) is 19.3 Å². The first-order valence-electron chi connectivity index (χ1n) is 4.58. The minimum Gasteiger partial charge on any atom is -0.481 e. The smallest absolute Gasteiger partial charge is 0.252 e. The van der Waals surface area contributed by atoms with E-state index in [-0.39, 0.29) is 11.8 Å². The minimum atomic E-state index is 0.0425. The van der Waals surface area contributed by atoms with Crippen molar-refractivity contribution < 1.29 is 9.53 Å². The number of aliphatic imine (C=N–C) groups is 1. The molecule has 0 aromatic carbocycles. The first-order valence-corrected chi connectivity index (χ1v) is 4.58. The molecule has 0 bridgehead atoms. The molecule has 2 atom stereocenters. The highest BCUT2D eigenvalue weighted by atomic mass is 16.5. The molecule has 1 fully saturated rings. The van der Waals surface area contributed by atoms with Gasteiger partial charge in [-0.2, -0.15) is 4.99 Å². The van der Waals surface area contributed by atoms with Crippen molar-refractivity contribution >= 4 is 11.8 Å². The van der Waals surface area contributed by atoms with Crippen LogP contribution in [0.3, 0.4) is 0 Å². The Hall–Kier alpha value is -0.860. The summed E-state index contributed by atoms with van der Waals surface area (Å²) in [6.45, 7) is 2.55. The Morgan fingerprint density at radius 2 is 2.25 bits per heavy atom. The summed E-state index contributed by atoms with van der Waals surface area (Å²) in [5, 5.41) is 0. The number of hydrogen-bond donors (Lipinski definition) is 0. The summed E-state index contributed by atoms with van der Waals surface area (Å²) in [5.74, 6) is 1.22. The molecule has 0 unspecified atom stereocenters. The maximum Gasteiger partial charge on any atom is 0.252 e. The first-order chi connectivity index (χ1) is 5.83. The van der Waals surface area contributed by atoms with Crippen LogP contribution < -0.4 is 0 Å². The second-order valence-corrected chi connectivity index (χ2v) is 3.37. The Bertz CT molecular complexity index is 235. The van der Waals surface area contributed by atoms with Crippen molar-refractivity contribution in [1.82, 2.24) is 0 Å². The second-order valence-electron chi connectivity index (χ2n) is 3.37. The Balaban J connectivity index is 2.14. The highest BCUT2D eigenvalue weighted by Gasteiger charge is 2.42. The maximum absolute atomic E-state index is 11.3. The predicted molar refractivity (Wildman–Crippen MR) is 44.9 cm³/mol. The lowest BCUT2D eigenvalue weighted by Gasteiger charge is -2.09. The Kier molecular flexibility index (Phi) is 1.87. The van der Waals surface area contributed by atoms with Gasteiger partial charge in [-0.15, -0.1) is 0 Å². The van der Waals surface area contributed by atoms with Crippen LogP contribution in [0.25, 0.3) is 0 Å². The summed E-state index contributed by atoms with van der Waals surface area (Å²) >= 11 is 0. The third-order valence-corrected chi connectivity index (χ3v) is 2.66.